The van der Waals surface area contributed by atoms with Crippen molar-refractivity contribution < 1.29 is 9.59 Å². The number of fused-ring (bicyclic) bond motifs is 2. The Morgan fingerprint density at radius 3 is 1.36 bits per heavy atom. The van der Waals surface area contributed by atoms with E-state index in [2.05, 4.69) is 115 Å². The van der Waals surface area contributed by atoms with Gasteiger partial charge in [0.2, 0.25) is 11.8 Å². The number of rotatable bonds is 9. The van der Waals surface area contributed by atoms with Gasteiger partial charge in [-0.25, -0.2) is 0 Å². The van der Waals surface area contributed by atoms with Gasteiger partial charge in [0.05, 0.1) is 21.2 Å². The second-order valence-corrected chi connectivity index (χ2v) is 10.1. The Morgan fingerprint density at radius 2 is 0.972 bits per heavy atom. The van der Waals surface area contributed by atoms with E-state index in [0.717, 1.165) is 44.0 Å². The number of halogens is 2. The summed E-state index contributed by atoms with van der Waals surface area (Å²) in [5.74, 6) is -0.000235. The Hall–Kier alpha value is -2.60. The lowest BCUT2D eigenvalue weighted by molar-refractivity contribution is -0.119. The molecule has 0 saturated heterocycles. The molecule has 0 bridgehead atoms. The number of carbonyl (C=O) groups excluding carboxylic acids is 2. The molecule has 0 aromatic heterocycles. The molecule has 0 fully saturated rings. The van der Waals surface area contributed by atoms with Crippen molar-refractivity contribution in [3.63, 3.8) is 0 Å². The van der Waals surface area contributed by atoms with Crippen molar-refractivity contribution in [1.29, 1.82) is 0 Å². The maximum atomic E-state index is 11.8. The third-order valence-corrected chi connectivity index (χ3v) is 7.26. The van der Waals surface area contributed by atoms with Gasteiger partial charge in [-0.15, -0.1) is 0 Å². The van der Waals surface area contributed by atoms with Crippen molar-refractivity contribution in [3.05, 3.63) is 72.8 Å². The van der Waals surface area contributed by atoms with Crippen LogP contribution in [-0.4, -0.2) is 33.0 Å². The molecule has 4 aromatic carbocycles. The van der Waals surface area contributed by atoms with E-state index in [0.29, 0.717) is 8.86 Å². The standard InChI is InChI=1S/C28H28I2N4O2/c1-17(33-27(35)15-29)31-25-13-5-9-21-19(7-3-11-23(21)25)20-8-4-12-24-22(20)10-6-14-26(24)32-18(2)34-28(36)16-30/h3-14,17-18,31-32H,15-16H2,1-2H3,(H,33,35)(H,34,36). The van der Waals surface area contributed by atoms with Gasteiger partial charge in [-0.05, 0) is 47.9 Å². The highest BCUT2D eigenvalue weighted by atomic mass is 127. The molecule has 4 rings (SSSR count). The number of hydrogen-bond acceptors (Lipinski definition) is 4. The molecule has 8 heteroatoms. The maximum absolute atomic E-state index is 11.8. The molecule has 2 unspecified atom stereocenters. The van der Waals surface area contributed by atoms with Crippen molar-refractivity contribution in [2.75, 3.05) is 19.5 Å². The number of alkyl halides is 2. The Balaban J connectivity index is 1.74. The maximum Gasteiger partial charge on any atom is 0.231 e. The third kappa shape index (κ3) is 6.03. The quantitative estimate of drug-likeness (QED) is 0.0940. The van der Waals surface area contributed by atoms with Gasteiger partial charge in [0, 0.05) is 22.1 Å². The van der Waals surface area contributed by atoms with E-state index in [4.69, 9.17) is 0 Å². The van der Waals surface area contributed by atoms with Crippen LogP contribution in [0.3, 0.4) is 0 Å². The molecule has 6 nitrogen and oxygen atoms in total. The Bertz CT molecular complexity index is 1300. The van der Waals surface area contributed by atoms with E-state index in [1.54, 1.807) is 0 Å². The Labute approximate surface area is 238 Å². The van der Waals surface area contributed by atoms with Gasteiger partial charge >= 0.3 is 0 Å². The van der Waals surface area contributed by atoms with E-state index in [9.17, 15) is 9.59 Å². The van der Waals surface area contributed by atoms with Gasteiger partial charge in [0.1, 0.15) is 0 Å². The van der Waals surface area contributed by atoms with Crippen LogP contribution in [0.1, 0.15) is 13.8 Å². The van der Waals surface area contributed by atoms with Crippen LogP contribution in [0.25, 0.3) is 32.7 Å². The number of amides is 2. The smallest absolute Gasteiger partial charge is 0.231 e. The highest BCUT2D eigenvalue weighted by Gasteiger charge is 2.14. The van der Waals surface area contributed by atoms with E-state index in [1.165, 1.54) is 0 Å². The first-order valence-electron chi connectivity index (χ1n) is 11.7. The van der Waals surface area contributed by atoms with Crippen LogP contribution >= 0.6 is 45.2 Å². The summed E-state index contributed by atoms with van der Waals surface area (Å²) in [7, 11) is 0. The first kappa shape index (κ1) is 26.5. The zero-order valence-corrected chi connectivity index (χ0v) is 24.4. The summed E-state index contributed by atoms with van der Waals surface area (Å²) < 4.78 is 0.843. The first-order chi connectivity index (χ1) is 17.4. The molecular weight excluding hydrogens is 678 g/mol. The van der Waals surface area contributed by atoms with E-state index >= 15 is 0 Å². The van der Waals surface area contributed by atoms with E-state index in [-0.39, 0.29) is 24.1 Å². The fourth-order valence-electron chi connectivity index (χ4n) is 4.44. The van der Waals surface area contributed by atoms with E-state index < -0.39 is 0 Å². The molecule has 2 amide bonds. The highest BCUT2D eigenvalue weighted by Crippen LogP contribution is 2.38. The first-order valence-corrected chi connectivity index (χ1v) is 14.7. The number of nitrogens with one attached hydrogen (secondary N) is 4. The molecule has 0 radical (unpaired) electrons. The minimum Gasteiger partial charge on any atom is -0.365 e. The predicted molar refractivity (Wildman–Crippen MR) is 167 cm³/mol. The fraction of sp³-hybridized carbons (Fsp3) is 0.214. The Morgan fingerprint density at radius 1 is 0.611 bits per heavy atom. The van der Waals surface area contributed by atoms with Gasteiger partial charge in [0.15, 0.2) is 0 Å². The van der Waals surface area contributed by atoms with Crippen LogP contribution in [0.5, 0.6) is 0 Å². The Kier molecular flexibility index (Phi) is 8.89. The summed E-state index contributed by atoms with van der Waals surface area (Å²) in [6.45, 7) is 3.88. The van der Waals surface area contributed by atoms with Crippen LogP contribution in [0.15, 0.2) is 72.8 Å². The van der Waals surface area contributed by atoms with Crippen LogP contribution in [0.2, 0.25) is 0 Å². The van der Waals surface area contributed by atoms with Gasteiger partial charge in [-0.3, -0.25) is 9.59 Å². The summed E-state index contributed by atoms with van der Waals surface area (Å²) >= 11 is 4.12. The minimum absolute atomic E-state index is 0.000117. The van der Waals surface area contributed by atoms with Crippen molar-refractivity contribution in [1.82, 2.24) is 10.6 Å². The van der Waals surface area contributed by atoms with Gasteiger partial charge in [-0.2, -0.15) is 0 Å². The van der Waals surface area contributed by atoms with Crippen LogP contribution in [-0.2, 0) is 9.59 Å². The van der Waals surface area contributed by atoms with Crippen LogP contribution in [0.4, 0.5) is 11.4 Å². The molecule has 0 heterocycles. The molecule has 0 aliphatic heterocycles. The largest absolute Gasteiger partial charge is 0.365 e. The van der Waals surface area contributed by atoms with Crippen LogP contribution < -0.4 is 21.3 Å². The molecule has 0 aliphatic carbocycles. The monoisotopic (exact) mass is 706 g/mol. The topological polar surface area (TPSA) is 82.3 Å². The summed E-state index contributed by atoms with van der Waals surface area (Å²) in [4.78, 5) is 23.6. The van der Waals surface area contributed by atoms with Crippen molar-refractivity contribution in [2.45, 2.75) is 26.2 Å². The lowest BCUT2D eigenvalue weighted by Gasteiger charge is -2.20. The molecule has 4 N–H and O–H groups in total. The minimum atomic E-state index is -0.192. The second-order valence-electron chi connectivity index (χ2n) is 8.55. The molecule has 36 heavy (non-hydrogen) atoms. The predicted octanol–water partition coefficient (Wildman–Crippen LogP) is 6.28. The molecular formula is C28H28I2N4O2. The normalized spacial score (nSPS) is 12.7. The summed E-state index contributed by atoms with van der Waals surface area (Å²) in [6, 6.07) is 25.0. The summed E-state index contributed by atoms with van der Waals surface area (Å²) in [5, 5.41) is 17.2. The molecule has 0 spiro atoms. The summed E-state index contributed by atoms with van der Waals surface area (Å²) in [5.41, 5.74) is 4.21. The van der Waals surface area contributed by atoms with Crippen molar-refractivity contribution >= 4 is 89.9 Å². The average Bonchev–Trinajstić information content (AvgIpc) is 2.88. The second kappa shape index (κ2) is 12.1. The SMILES string of the molecule is CC(NC(=O)CI)Nc1cccc2c(-c3cccc4c(NC(C)NC(=O)CI)cccc34)cccc12. The lowest BCUT2D eigenvalue weighted by Crippen LogP contribution is -2.38. The number of hydrogen-bond donors (Lipinski definition) is 4. The zero-order chi connectivity index (χ0) is 25.7. The molecule has 0 saturated carbocycles. The van der Waals surface area contributed by atoms with Crippen molar-refractivity contribution in [3.8, 4) is 11.1 Å². The molecule has 0 aliphatic rings. The van der Waals surface area contributed by atoms with Crippen molar-refractivity contribution in [2.24, 2.45) is 0 Å². The number of carbonyl (C=O) groups is 2. The molecule has 186 valence electrons. The van der Waals surface area contributed by atoms with Gasteiger partial charge in [0.25, 0.3) is 0 Å². The number of benzene rings is 4. The summed E-state index contributed by atoms with van der Waals surface area (Å²) in [6.07, 6.45) is -0.384. The lowest BCUT2D eigenvalue weighted by atomic mass is 9.93. The molecule has 4 aromatic rings. The zero-order valence-electron chi connectivity index (χ0n) is 20.1. The van der Waals surface area contributed by atoms with Crippen LogP contribution in [0, 0.1) is 0 Å². The van der Waals surface area contributed by atoms with E-state index in [1.807, 2.05) is 38.1 Å². The number of anilines is 2. The van der Waals surface area contributed by atoms with Gasteiger partial charge < -0.3 is 21.3 Å². The van der Waals surface area contributed by atoms with Gasteiger partial charge in [-0.1, -0.05) is 106 Å². The highest BCUT2D eigenvalue weighted by molar-refractivity contribution is 14.1. The fourth-order valence-corrected chi connectivity index (χ4v) is 4.88. The third-order valence-electron chi connectivity index (χ3n) is 5.88. The average molecular weight is 706 g/mol. The molecule has 2 atom stereocenters.